The van der Waals surface area contributed by atoms with Crippen LogP contribution in [-0.4, -0.2) is 80.2 Å². The molecule has 0 aliphatic heterocycles. The maximum absolute atomic E-state index is 12.3. The number of fused-ring (bicyclic) bond motifs is 3. The minimum atomic E-state index is -1.71. The highest BCUT2D eigenvalue weighted by Gasteiger charge is 2.33. The van der Waals surface area contributed by atoms with Gasteiger partial charge in [-0.25, -0.2) is 14.4 Å². The minimum Gasteiger partial charge on any atom is -0.461 e. The summed E-state index contributed by atoms with van der Waals surface area (Å²) in [4.78, 5) is 73.2. The van der Waals surface area contributed by atoms with E-state index in [0.29, 0.717) is 0 Å². The lowest BCUT2D eigenvalue weighted by atomic mass is 9.98. The Bertz CT molecular complexity index is 1290. The molecule has 4 N–H and O–H groups in total. The lowest BCUT2D eigenvalue weighted by molar-refractivity contribution is -0.164. The predicted octanol–water partition coefficient (Wildman–Crippen LogP) is 1.15. The monoisotopic (exact) mass is 596 g/mol. The molecule has 4 amide bonds. The molecule has 0 bridgehead atoms. The molecule has 3 rings (SSSR count). The molecule has 0 saturated carbocycles. The third-order valence-corrected chi connectivity index (χ3v) is 6.11. The molecule has 1 aliphatic rings. The third kappa shape index (κ3) is 9.55. The number of carbonyl (C=O) groups excluding carboxylic acids is 6. The number of alkyl carbamates (subject to hydrolysis) is 1. The normalized spacial score (nSPS) is 11.8. The Morgan fingerprint density at radius 2 is 1.09 bits per heavy atom. The van der Waals surface area contributed by atoms with Crippen molar-refractivity contribution in [2.75, 3.05) is 26.2 Å². The van der Waals surface area contributed by atoms with Crippen LogP contribution in [0.15, 0.2) is 48.5 Å². The lowest BCUT2D eigenvalue weighted by Gasteiger charge is -2.19. The average molecular weight is 597 g/mol. The molecule has 0 heterocycles. The van der Waals surface area contributed by atoms with Crippen molar-refractivity contribution < 1.29 is 43.0 Å². The summed E-state index contributed by atoms with van der Waals surface area (Å²) in [5, 5.41) is 9.07. The van der Waals surface area contributed by atoms with Crippen molar-refractivity contribution in [2.45, 2.75) is 51.9 Å². The Kier molecular flexibility index (Phi) is 11.6. The molecule has 0 atom stereocenters. The smallest absolute Gasteiger partial charge is 0.407 e. The van der Waals surface area contributed by atoms with Crippen LogP contribution in [0.3, 0.4) is 0 Å². The van der Waals surface area contributed by atoms with E-state index in [1.807, 2.05) is 48.5 Å². The molecule has 0 fully saturated rings. The van der Waals surface area contributed by atoms with E-state index >= 15 is 0 Å². The molecule has 43 heavy (non-hydrogen) atoms. The van der Waals surface area contributed by atoms with Gasteiger partial charge in [-0.1, -0.05) is 48.5 Å². The second kappa shape index (κ2) is 15.3. The molecule has 13 heteroatoms. The molecule has 230 valence electrons. The Hall–Kier alpha value is -4.94. The van der Waals surface area contributed by atoms with Crippen molar-refractivity contribution >= 4 is 35.8 Å². The van der Waals surface area contributed by atoms with Gasteiger partial charge >= 0.3 is 18.0 Å². The van der Waals surface area contributed by atoms with Gasteiger partial charge in [-0.2, -0.15) is 0 Å². The Morgan fingerprint density at radius 3 is 1.58 bits per heavy atom. The highest BCUT2D eigenvalue weighted by Crippen LogP contribution is 2.44. The van der Waals surface area contributed by atoms with Crippen molar-refractivity contribution in [3.63, 3.8) is 0 Å². The maximum Gasteiger partial charge on any atom is 0.407 e. The molecule has 1 aliphatic carbocycles. The van der Waals surface area contributed by atoms with E-state index < -0.39 is 73.6 Å². The van der Waals surface area contributed by atoms with Gasteiger partial charge in [0, 0.05) is 5.92 Å². The lowest BCUT2D eigenvalue weighted by Crippen LogP contribution is -2.52. The number of amides is 4. The van der Waals surface area contributed by atoms with Gasteiger partial charge in [-0.3, -0.25) is 14.4 Å². The summed E-state index contributed by atoms with van der Waals surface area (Å²) in [6.07, 6.45) is -1.87. The van der Waals surface area contributed by atoms with Gasteiger partial charge in [0.15, 0.2) is 0 Å². The number of rotatable bonds is 13. The first-order valence-corrected chi connectivity index (χ1v) is 13.8. The molecule has 0 spiro atoms. The predicted molar refractivity (Wildman–Crippen MR) is 153 cm³/mol. The van der Waals surface area contributed by atoms with E-state index in [0.717, 1.165) is 22.3 Å². The quantitative estimate of drug-likeness (QED) is 0.150. The highest BCUT2D eigenvalue weighted by molar-refractivity contribution is 6.03. The second-order valence-corrected chi connectivity index (χ2v) is 10.2. The van der Waals surface area contributed by atoms with Gasteiger partial charge in [0.05, 0.1) is 25.3 Å². The van der Waals surface area contributed by atoms with Crippen molar-refractivity contribution in [3.8, 4) is 11.1 Å². The minimum absolute atomic E-state index is 0.0805. The van der Waals surface area contributed by atoms with E-state index in [1.165, 1.54) is 0 Å². The van der Waals surface area contributed by atoms with Crippen molar-refractivity contribution in [3.05, 3.63) is 59.7 Å². The van der Waals surface area contributed by atoms with Crippen LogP contribution < -0.4 is 21.3 Å². The molecule has 13 nitrogen and oxygen atoms in total. The summed E-state index contributed by atoms with van der Waals surface area (Å²) >= 11 is 0. The second-order valence-electron chi connectivity index (χ2n) is 10.2. The summed E-state index contributed by atoms with van der Waals surface area (Å²) in [5.41, 5.74) is 4.28. The van der Waals surface area contributed by atoms with E-state index in [2.05, 4.69) is 21.3 Å². The number of benzene rings is 2. The van der Waals surface area contributed by atoms with Gasteiger partial charge in [-0.05, 0) is 49.9 Å². The summed E-state index contributed by atoms with van der Waals surface area (Å²) in [6.45, 7) is 4.86. The molecular formula is C30H36N4O9. The summed E-state index contributed by atoms with van der Waals surface area (Å²) in [6, 6.07) is 14.1. The number of nitrogens with one attached hydrogen (secondary N) is 4. The largest absolute Gasteiger partial charge is 0.461 e. The van der Waals surface area contributed by atoms with Crippen LogP contribution in [0.1, 0.15) is 44.7 Å². The van der Waals surface area contributed by atoms with Crippen LogP contribution in [0.2, 0.25) is 0 Å². The fourth-order valence-electron chi connectivity index (χ4n) is 4.31. The van der Waals surface area contributed by atoms with Gasteiger partial charge < -0.3 is 35.5 Å². The average Bonchev–Trinajstić information content (AvgIpc) is 3.28. The van der Waals surface area contributed by atoms with Gasteiger partial charge in [0.1, 0.15) is 13.2 Å². The zero-order valence-electron chi connectivity index (χ0n) is 24.4. The number of hydrogen-bond acceptors (Lipinski definition) is 9. The number of hydrogen-bond donors (Lipinski definition) is 4. The molecular weight excluding hydrogens is 560 g/mol. The van der Waals surface area contributed by atoms with E-state index in [-0.39, 0.29) is 12.5 Å². The van der Waals surface area contributed by atoms with E-state index in [1.54, 1.807) is 27.7 Å². The topological polar surface area (TPSA) is 178 Å². The first-order chi connectivity index (χ1) is 20.5. The van der Waals surface area contributed by atoms with E-state index in [9.17, 15) is 28.8 Å². The third-order valence-electron chi connectivity index (χ3n) is 6.11. The van der Waals surface area contributed by atoms with Gasteiger partial charge in [-0.15, -0.1) is 0 Å². The molecule has 0 saturated heterocycles. The number of ether oxygens (including phenoxy) is 3. The van der Waals surface area contributed by atoms with Crippen LogP contribution in [0.25, 0.3) is 11.1 Å². The van der Waals surface area contributed by atoms with Crippen LogP contribution in [0.5, 0.6) is 0 Å². The first kappa shape index (κ1) is 32.6. The Balaban J connectivity index is 1.37. The Morgan fingerprint density at radius 1 is 0.651 bits per heavy atom. The fraction of sp³-hybridized carbons (Fsp3) is 0.400. The van der Waals surface area contributed by atoms with Gasteiger partial charge in [0.2, 0.25) is 23.8 Å². The standard InChI is InChI=1S/C30H36N4O9/c1-17(2)42-28(38)27(29(39)43-18(3)4)34-26(37)15-32-24(35)13-31-25(36)14-33-30(40)41-16-23-21-11-7-5-9-19(21)20-10-6-8-12-22(20)23/h5-12,17-18,23,27H,13-16H2,1-4H3,(H,31,36)(H,32,35)(H,33,40)(H,34,37). The molecule has 0 unspecified atom stereocenters. The summed E-state index contributed by atoms with van der Waals surface area (Å²) < 4.78 is 15.3. The molecule has 2 aromatic rings. The van der Waals surface area contributed by atoms with Crippen molar-refractivity contribution in [1.29, 1.82) is 0 Å². The Labute approximate surface area is 249 Å². The summed E-state index contributed by atoms with van der Waals surface area (Å²) in [7, 11) is 0. The first-order valence-electron chi connectivity index (χ1n) is 13.8. The molecule has 2 aromatic carbocycles. The zero-order valence-corrected chi connectivity index (χ0v) is 24.4. The van der Waals surface area contributed by atoms with Crippen molar-refractivity contribution in [1.82, 2.24) is 21.3 Å². The number of esters is 2. The van der Waals surface area contributed by atoms with E-state index in [4.69, 9.17) is 14.2 Å². The van der Waals surface area contributed by atoms with Crippen LogP contribution >= 0.6 is 0 Å². The maximum atomic E-state index is 12.3. The van der Waals surface area contributed by atoms with Gasteiger partial charge in [0.25, 0.3) is 0 Å². The van der Waals surface area contributed by atoms with Crippen molar-refractivity contribution in [2.24, 2.45) is 0 Å². The molecule has 0 aromatic heterocycles. The van der Waals surface area contributed by atoms with Crippen LogP contribution in [0.4, 0.5) is 4.79 Å². The SMILES string of the molecule is CC(C)OC(=O)C(NC(=O)CNC(=O)CNC(=O)CNC(=O)OCC1c2ccccc2-c2ccccc21)C(=O)OC(C)C. The number of carbonyl (C=O) groups is 6. The van der Waals surface area contributed by atoms with Crippen LogP contribution in [-0.2, 0) is 38.2 Å². The zero-order chi connectivity index (χ0) is 31.5. The molecule has 0 radical (unpaired) electrons. The van der Waals surface area contributed by atoms with Crippen LogP contribution in [0, 0.1) is 0 Å². The summed E-state index contributed by atoms with van der Waals surface area (Å²) in [5.74, 6) is -4.39. The highest BCUT2D eigenvalue weighted by atomic mass is 16.6. The fourth-order valence-corrected chi connectivity index (χ4v) is 4.31.